The Morgan fingerprint density at radius 3 is 2.77 bits per heavy atom. The van der Waals surface area contributed by atoms with Crippen molar-refractivity contribution in [2.24, 2.45) is 0 Å². The molecule has 0 aliphatic heterocycles. The molecule has 13 heavy (non-hydrogen) atoms. The van der Waals surface area contributed by atoms with Gasteiger partial charge >= 0.3 is 5.97 Å². The zero-order chi connectivity index (χ0) is 9.68. The fourth-order valence-corrected chi connectivity index (χ4v) is 1.31. The van der Waals surface area contributed by atoms with Crippen LogP contribution in [0.2, 0.25) is 0 Å². The van der Waals surface area contributed by atoms with Crippen molar-refractivity contribution in [2.75, 3.05) is 0 Å². The maximum atomic E-state index is 11.0. The normalized spacial score (nSPS) is 9.69. The molecule has 0 bridgehead atoms. The first-order valence-electron chi connectivity index (χ1n) is 4.15. The zero-order valence-electron chi connectivity index (χ0n) is 7.42. The Hall–Kier alpha value is -0.580. The monoisotopic (exact) mass is 290 g/mol. The summed E-state index contributed by atoms with van der Waals surface area (Å²) in [4.78, 5) is 11.0. The van der Waals surface area contributed by atoms with Crippen LogP contribution in [0.4, 0.5) is 0 Å². The molecule has 0 fully saturated rings. The molecule has 70 valence electrons. The van der Waals surface area contributed by atoms with Crippen LogP contribution in [0, 0.1) is 0 Å². The molecule has 1 aromatic rings. The van der Waals surface area contributed by atoms with Gasteiger partial charge in [-0.1, -0.05) is 31.2 Å². The van der Waals surface area contributed by atoms with Crippen molar-refractivity contribution in [3.8, 4) is 0 Å². The number of carbonyl (C=O) groups excluding carboxylic acids is 1. The largest absolute Gasteiger partial charge is 0.394 e. The van der Waals surface area contributed by atoms with Gasteiger partial charge in [0.25, 0.3) is 0 Å². The maximum Gasteiger partial charge on any atom is 0.319 e. The number of benzene rings is 1. The molecule has 0 saturated carbocycles. The van der Waals surface area contributed by atoms with Gasteiger partial charge in [0.15, 0.2) is 23.0 Å². The van der Waals surface area contributed by atoms with Crippen molar-refractivity contribution in [2.45, 2.75) is 19.8 Å². The van der Waals surface area contributed by atoms with Gasteiger partial charge in [-0.25, -0.2) is 0 Å². The predicted octanol–water partition coefficient (Wildman–Crippen LogP) is 2.68. The quantitative estimate of drug-likeness (QED) is 0.800. The summed E-state index contributed by atoms with van der Waals surface area (Å²) < 4.78 is 4.56. The molecule has 1 rings (SSSR count). The molecule has 0 radical (unpaired) electrons. The van der Waals surface area contributed by atoms with Crippen LogP contribution in [0.5, 0.6) is 0 Å². The number of aryl methyl sites for hydroxylation is 1. The fourth-order valence-electron chi connectivity index (χ4n) is 1.15. The van der Waals surface area contributed by atoms with Crippen LogP contribution in [0.1, 0.15) is 18.1 Å². The lowest BCUT2D eigenvalue weighted by molar-refractivity contribution is -0.130. The second-order valence-corrected chi connectivity index (χ2v) is 3.24. The summed E-state index contributed by atoms with van der Waals surface area (Å²) in [5.74, 6) is -0.200. The van der Waals surface area contributed by atoms with E-state index in [9.17, 15) is 4.79 Å². The molecule has 0 aliphatic rings. The first kappa shape index (κ1) is 10.5. The van der Waals surface area contributed by atoms with Crippen molar-refractivity contribution in [3.05, 3.63) is 35.4 Å². The summed E-state index contributed by atoms with van der Waals surface area (Å²) >= 11 is 1.61. The molecule has 0 saturated heterocycles. The lowest BCUT2D eigenvalue weighted by Gasteiger charge is -2.01. The highest BCUT2D eigenvalue weighted by Crippen LogP contribution is 2.07. The summed E-state index contributed by atoms with van der Waals surface area (Å²) in [5, 5.41) is 0. The molecular weight excluding hydrogens is 279 g/mol. The molecule has 2 nitrogen and oxygen atoms in total. The summed E-state index contributed by atoms with van der Waals surface area (Å²) in [7, 11) is 0. The summed E-state index contributed by atoms with van der Waals surface area (Å²) in [6.07, 6.45) is 1.35. The van der Waals surface area contributed by atoms with E-state index >= 15 is 0 Å². The number of hydrogen-bond donors (Lipinski definition) is 0. The van der Waals surface area contributed by atoms with Crippen LogP contribution in [0.25, 0.3) is 0 Å². The van der Waals surface area contributed by atoms with Crippen molar-refractivity contribution >= 4 is 29.0 Å². The molecule has 3 heteroatoms. The molecule has 0 heterocycles. The molecule has 0 N–H and O–H groups in total. The third-order valence-electron chi connectivity index (χ3n) is 1.83. The summed E-state index contributed by atoms with van der Waals surface area (Å²) in [5.41, 5.74) is 2.26. The smallest absolute Gasteiger partial charge is 0.319 e. The van der Waals surface area contributed by atoms with Gasteiger partial charge in [0, 0.05) is 0 Å². The minimum atomic E-state index is -0.200. The van der Waals surface area contributed by atoms with Crippen molar-refractivity contribution in [3.63, 3.8) is 0 Å². The van der Waals surface area contributed by atoms with Gasteiger partial charge in [-0.2, -0.15) is 0 Å². The van der Waals surface area contributed by atoms with E-state index in [2.05, 4.69) is 16.1 Å². The van der Waals surface area contributed by atoms with Crippen LogP contribution >= 0.6 is 23.0 Å². The Balaban J connectivity index is 2.71. The van der Waals surface area contributed by atoms with E-state index in [0.29, 0.717) is 6.42 Å². The number of hydrogen-bond acceptors (Lipinski definition) is 2. The number of carbonyl (C=O) groups is 1. The topological polar surface area (TPSA) is 26.3 Å². The molecule has 1 aromatic carbocycles. The van der Waals surface area contributed by atoms with Gasteiger partial charge < -0.3 is 3.07 Å². The second-order valence-electron chi connectivity index (χ2n) is 2.80. The van der Waals surface area contributed by atoms with Crippen LogP contribution in [0.3, 0.4) is 0 Å². The van der Waals surface area contributed by atoms with Crippen molar-refractivity contribution < 1.29 is 7.86 Å². The Kier molecular flexibility index (Phi) is 4.21. The second kappa shape index (κ2) is 5.21. The minimum absolute atomic E-state index is 0.200. The fraction of sp³-hybridized carbons (Fsp3) is 0.300. The number of rotatable bonds is 3. The molecule has 0 unspecified atom stereocenters. The van der Waals surface area contributed by atoms with Crippen LogP contribution < -0.4 is 0 Å². The molecule has 0 aliphatic carbocycles. The Morgan fingerprint density at radius 1 is 1.46 bits per heavy atom. The average Bonchev–Trinajstić information content (AvgIpc) is 2.18. The lowest BCUT2D eigenvalue weighted by Crippen LogP contribution is -2.01. The van der Waals surface area contributed by atoms with Gasteiger partial charge in [0.2, 0.25) is 0 Å². The average molecular weight is 290 g/mol. The zero-order valence-corrected chi connectivity index (χ0v) is 9.58. The molecular formula is C10H11IO2. The van der Waals surface area contributed by atoms with E-state index in [1.807, 2.05) is 18.2 Å². The summed E-state index contributed by atoms with van der Waals surface area (Å²) in [6, 6.07) is 7.99. The van der Waals surface area contributed by atoms with Crippen molar-refractivity contribution in [1.29, 1.82) is 0 Å². The molecule has 0 spiro atoms. The lowest BCUT2D eigenvalue weighted by atomic mass is 10.1. The van der Waals surface area contributed by atoms with E-state index in [4.69, 9.17) is 0 Å². The highest BCUT2D eigenvalue weighted by molar-refractivity contribution is 14.1. The summed E-state index contributed by atoms with van der Waals surface area (Å²) in [6.45, 7) is 2.09. The standard InChI is InChI=1S/C10H11IO2/c1-2-8-4-3-5-9(6-8)7-10(12)13-11/h3-6H,2,7H2,1H3. The third kappa shape index (κ3) is 3.34. The molecule has 0 amide bonds. The van der Waals surface area contributed by atoms with Crippen LogP contribution in [-0.4, -0.2) is 5.97 Å². The first-order chi connectivity index (χ1) is 6.26. The van der Waals surface area contributed by atoms with Gasteiger partial charge in [-0.3, -0.25) is 4.79 Å². The van der Waals surface area contributed by atoms with E-state index in [1.165, 1.54) is 5.56 Å². The van der Waals surface area contributed by atoms with Gasteiger partial charge in [0.05, 0.1) is 6.42 Å². The maximum absolute atomic E-state index is 11.0. The van der Waals surface area contributed by atoms with E-state index in [0.717, 1.165) is 12.0 Å². The predicted molar refractivity (Wildman–Crippen MR) is 59.6 cm³/mol. The van der Waals surface area contributed by atoms with Crippen LogP contribution in [-0.2, 0) is 20.7 Å². The van der Waals surface area contributed by atoms with Gasteiger partial charge in [-0.15, -0.1) is 0 Å². The van der Waals surface area contributed by atoms with E-state index in [-0.39, 0.29) is 5.97 Å². The van der Waals surface area contributed by atoms with Crippen molar-refractivity contribution in [1.82, 2.24) is 0 Å². The SMILES string of the molecule is CCc1cccc(CC(=O)OI)c1. The van der Waals surface area contributed by atoms with Crippen LogP contribution in [0.15, 0.2) is 24.3 Å². The molecule has 0 aromatic heterocycles. The van der Waals surface area contributed by atoms with E-state index in [1.54, 1.807) is 23.0 Å². The van der Waals surface area contributed by atoms with Gasteiger partial charge in [-0.05, 0) is 17.5 Å². The number of halogens is 1. The van der Waals surface area contributed by atoms with E-state index < -0.39 is 0 Å². The highest BCUT2D eigenvalue weighted by Gasteiger charge is 2.03. The Labute approximate surface area is 92.0 Å². The molecule has 0 atom stereocenters. The Morgan fingerprint density at radius 2 is 2.15 bits per heavy atom. The van der Waals surface area contributed by atoms with Gasteiger partial charge in [0.1, 0.15) is 0 Å². The Bertz CT molecular complexity index is 297. The first-order valence-corrected chi connectivity index (χ1v) is 5.03. The highest BCUT2D eigenvalue weighted by atomic mass is 127. The minimum Gasteiger partial charge on any atom is -0.394 e. The third-order valence-corrected chi connectivity index (χ3v) is 2.33.